The third kappa shape index (κ3) is 4.90. The summed E-state index contributed by atoms with van der Waals surface area (Å²) in [5, 5.41) is 6.00. The molecule has 0 unspecified atom stereocenters. The van der Waals surface area contributed by atoms with Gasteiger partial charge in [0, 0.05) is 10.3 Å². The number of rotatable bonds is 7. The molecule has 0 saturated carbocycles. The first kappa shape index (κ1) is 17.6. The third-order valence-corrected chi connectivity index (χ3v) is 5.58. The lowest BCUT2D eigenvalue weighted by atomic mass is 10.2. The van der Waals surface area contributed by atoms with E-state index >= 15 is 0 Å². The molecule has 0 aliphatic heterocycles. The molecule has 2 heterocycles. The number of ether oxygens (including phenoxy) is 1. The van der Waals surface area contributed by atoms with Crippen molar-refractivity contribution in [1.29, 1.82) is 0 Å². The molecule has 6 heteroatoms. The van der Waals surface area contributed by atoms with Crippen LogP contribution in [-0.2, 0) is 17.8 Å². The van der Waals surface area contributed by atoms with Crippen LogP contribution in [0.2, 0.25) is 0 Å². The van der Waals surface area contributed by atoms with E-state index in [1.54, 1.807) is 22.7 Å². The van der Waals surface area contributed by atoms with E-state index in [4.69, 9.17) is 4.74 Å². The number of amides is 1. The van der Waals surface area contributed by atoms with Gasteiger partial charge in [-0.15, -0.1) is 22.7 Å². The summed E-state index contributed by atoms with van der Waals surface area (Å²) in [7, 11) is 0. The monoisotopic (exact) mass is 372 g/mol. The number of aryl methyl sites for hydroxylation is 2. The number of nitrogens with zero attached hydrogens (tertiary/aromatic N) is 1. The normalized spacial score (nSPS) is 10.6. The molecule has 0 fully saturated rings. The summed E-state index contributed by atoms with van der Waals surface area (Å²) in [6, 6.07) is 11.9. The SMILES string of the molecule is CCc1ccc(OCC(=O)NCc2ccc(-c3csc(C)n3)s2)cc1. The molecule has 1 aromatic carbocycles. The van der Waals surface area contributed by atoms with Gasteiger partial charge >= 0.3 is 0 Å². The summed E-state index contributed by atoms with van der Waals surface area (Å²) in [5.74, 6) is 0.587. The van der Waals surface area contributed by atoms with Crippen LogP contribution in [0, 0.1) is 6.92 Å². The van der Waals surface area contributed by atoms with Crippen molar-refractivity contribution in [1.82, 2.24) is 10.3 Å². The van der Waals surface area contributed by atoms with Crippen LogP contribution in [0.4, 0.5) is 0 Å². The van der Waals surface area contributed by atoms with Crippen molar-refractivity contribution in [2.24, 2.45) is 0 Å². The Morgan fingerprint density at radius 2 is 2.00 bits per heavy atom. The zero-order chi connectivity index (χ0) is 17.6. The zero-order valence-corrected chi connectivity index (χ0v) is 15.9. The summed E-state index contributed by atoms with van der Waals surface area (Å²) >= 11 is 3.29. The van der Waals surface area contributed by atoms with Crippen LogP contribution in [0.3, 0.4) is 0 Å². The number of carbonyl (C=O) groups is 1. The zero-order valence-electron chi connectivity index (χ0n) is 14.2. The van der Waals surface area contributed by atoms with Crippen molar-refractivity contribution in [2.45, 2.75) is 26.8 Å². The molecule has 2 aromatic heterocycles. The minimum absolute atomic E-state index is 0.0228. The number of benzene rings is 1. The molecule has 130 valence electrons. The van der Waals surface area contributed by atoms with Crippen LogP contribution in [0.25, 0.3) is 10.6 Å². The number of aromatic nitrogens is 1. The Labute approximate surface area is 155 Å². The Hall–Kier alpha value is -2.18. The predicted molar refractivity (Wildman–Crippen MR) is 103 cm³/mol. The summed E-state index contributed by atoms with van der Waals surface area (Å²) in [6.07, 6.45) is 0.990. The lowest BCUT2D eigenvalue weighted by Crippen LogP contribution is -2.28. The molecule has 0 spiro atoms. The van der Waals surface area contributed by atoms with E-state index in [0.717, 1.165) is 26.9 Å². The maximum absolute atomic E-state index is 12.0. The van der Waals surface area contributed by atoms with Gasteiger partial charge in [-0.05, 0) is 43.2 Å². The van der Waals surface area contributed by atoms with Crippen molar-refractivity contribution in [3.05, 3.63) is 57.2 Å². The number of hydrogen-bond donors (Lipinski definition) is 1. The molecule has 3 aromatic rings. The predicted octanol–water partition coefficient (Wildman–Crippen LogP) is 4.44. The fourth-order valence-corrected chi connectivity index (χ4v) is 3.89. The highest BCUT2D eigenvalue weighted by Crippen LogP contribution is 2.28. The first-order valence-electron chi connectivity index (χ1n) is 8.13. The molecule has 0 radical (unpaired) electrons. The van der Waals surface area contributed by atoms with E-state index in [9.17, 15) is 4.79 Å². The van der Waals surface area contributed by atoms with Gasteiger partial charge in [0.2, 0.25) is 0 Å². The summed E-state index contributed by atoms with van der Waals surface area (Å²) in [5.41, 5.74) is 2.25. The van der Waals surface area contributed by atoms with E-state index < -0.39 is 0 Å². The Morgan fingerprint density at radius 3 is 2.68 bits per heavy atom. The van der Waals surface area contributed by atoms with E-state index in [1.165, 1.54) is 5.56 Å². The molecule has 3 rings (SSSR count). The van der Waals surface area contributed by atoms with Crippen LogP contribution in [0.15, 0.2) is 41.8 Å². The van der Waals surface area contributed by atoms with E-state index in [2.05, 4.69) is 22.6 Å². The highest BCUT2D eigenvalue weighted by molar-refractivity contribution is 7.16. The third-order valence-electron chi connectivity index (χ3n) is 3.69. The Balaban J connectivity index is 1.46. The Bertz CT molecular complexity index is 837. The van der Waals surface area contributed by atoms with Gasteiger partial charge in [-0.2, -0.15) is 0 Å². The minimum Gasteiger partial charge on any atom is -0.484 e. The first-order chi connectivity index (χ1) is 12.1. The number of carbonyl (C=O) groups excluding carboxylic acids is 1. The maximum Gasteiger partial charge on any atom is 0.258 e. The van der Waals surface area contributed by atoms with Crippen molar-refractivity contribution in [3.63, 3.8) is 0 Å². The van der Waals surface area contributed by atoms with Crippen LogP contribution in [0.5, 0.6) is 5.75 Å². The fourth-order valence-electron chi connectivity index (χ4n) is 2.29. The van der Waals surface area contributed by atoms with E-state index in [-0.39, 0.29) is 12.5 Å². The van der Waals surface area contributed by atoms with E-state index in [0.29, 0.717) is 12.3 Å². The lowest BCUT2D eigenvalue weighted by molar-refractivity contribution is -0.123. The summed E-state index contributed by atoms with van der Waals surface area (Å²) < 4.78 is 5.52. The maximum atomic E-state index is 12.0. The number of nitrogens with one attached hydrogen (secondary N) is 1. The van der Waals surface area contributed by atoms with Gasteiger partial charge in [-0.1, -0.05) is 19.1 Å². The van der Waals surface area contributed by atoms with Gasteiger partial charge < -0.3 is 10.1 Å². The lowest BCUT2D eigenvalue weighted by Gasteiger charge is -2.07. The Morgan fingerprint density at radius 1 is 1.20 bits per heavy atom. The average molecular weight is 373 g/mol. The van der Waals surface area contributed by atoms with Gasteiger partial charge in [-0.25, -0.2) is 4.98 Å². The molecule has 25 heavy (non-hydrogen) atoms. The Kier molecular flexibility index (Phi) is 5.83. The standard InChI is InChI=1S/C19H20N2O2S2/c1-3-14-4-6-15(7-5-14)23-11-19(22)20-10-16-8-9-18(25-16)17-12-24-13(2)21-17/h4-9,12H,3,10-11H2,1-2H3,(H,20,22). The van der Waals surface area contributed by atoms with Gasteiger partial charge in [0.05, 0.1) is 22.1 Å². The second-order valence-corrected chi connectivity index (χ2v) is 7.81. The number of thiazole rings is 1. The smallest absolute Gasteiger partial charge is 0.258 e. The van der Waals surface area contributed by atoms with Crippen LogP contribution >= 0.6 is 22.7 Å². The second-order valence-electron chi connectivity index (χ2n) is 5.58. The molecule has 0 aliphatic rings. The number of thiophene rings is 1. The summed E-state index contributed by atoms with van der Waals surface area (Å²) in [6.45, 7) is 4.63. The average Bonchev–Trinajstić information content (AvgIpc) is 3.27. The van der Waals surface area contributed by atoms with Gasteiger partial charge in [0.25, 0.3) is 5.91 Å². The molecule has 0 bridgehead atoms. The minimum atomic E-state index is -0.126. The molecule has 0 aliphatic carbocycles. The largest absolute Gasteiger partial charge is 0.484 e. The first-order valence-corrected chi connectivity index (χ1v) is 9.83. The van der Waals surface area contributed by atoms with Gasteiger partial charge in [0.1, 0.15) is 5.75 Å². The molecule has 1 amide bonds. The van der Waals surface area contributed by atoms with Crippen molar-refractivity contribution in [2.75, 3.05) is 6.61 Å². The highest BCUT2D eigenvalue weighted by atomic mass is 32.1. The van der Waals surface area contributed by atoms with Crippen LogP contribution in [0.1, 0.15) is 22.4 Å². The molecular formula is C19H20N2O2S2. The van der Waals surface area contributed by atoms with Crippen molar-refractivity contribution in [3.8, 4) is 16.3 Å². The summed E-state index contributed by atoms with van der Waals surface area (Å²) in [4.78, 5) is 18.7. The van der Waals surface area contributed by atoms with Crippen molar-refractivity contribution >= 4 is 28.6 Å². The second kappa shape index (κ2) is 8.27. The molecule has 0 saturated heterocycles. The molecule has 0 atom stereocenters. The fraction of sp³-hybridized carbons (Fsp3) is 0.263. The molecular weight excluding hydrogens is 352 g/mol. The van der Waals surface area contributed by atoms with Crippen LogP contribution in [-0.4, -0.2) is 17.5 Å². The van der Waals surface area contributed by atoms with Crippen LogP contribution < -0.4 is 10.1 Å². The number of hydrogen-bond acceptors (Lipinski definition) is 5. The molecule has 1 N–H and O–H groups in total. The van der Waals surface area contributed by atoms with Gasteiger partial charge in [0.15, 0.2) is 6.61 Å². The molecule has 4 nitrogen and oxygen atoms in total. The van der Waals surface area contributed by atoms with E-state index in [1.807, 2.05) is 43.3 Å². The topological polar surface area (TPSA) is 51.2 Å². The highest BCUT2D eigenvalue weighted by Gasteiger charge is 2.08. The van der Waals surface area contributed by atoms with Gasteiger partial charge in [-0.3, -0.25) is 4.79 Å². The van der Waals surface area contributed by atoms with Crippen molar-refractivity contribution < 1.29 is 9.53 Å². The quantitative estimate of drug-likeness (QED) is 0.667.